The van der Waals surface area contributed by atoms with Crippen molar-refractivity contribution in [3.05, 3.63) is 35.4 Å². The molecule has 1 aliphatic carbocycles. The van der Waals surface area contributed by atoms with Gasteiger partial charge in [-0.25, -0.2) is 4.79 Å². The summed E-state index contributed by atoms with van der Waals surface area (Å²) in [5.74, 6) is -0.487. The SMILES string of the molecule is CCOC(=O)C(C)NC(=O)C1CCc2ccccc2C1. The Bertz CT molecular complexity index is 498. The number of rotatable bonds is 4. The van der Waals surface area contributed by atoms with E-state index in [9.17, 15) is 9.59 Å². The molecule has 0 aromatic heterocycles. The Morgan fingerprint density at radius 3 is 2.75 bits per heavy atom. The van der Waals surface area contributed by atoms with Crippen molar-refractivity contribution in [3.8, 4) is 0 Å². The van der Waals surface area contributed by atoms with Crippen LogP contribution in [-0.4, -0.2) is 24.5 Å². The first kappa shape index (κ1) is 14.6. The fourth-order valence-corrected chi connectivity index (χ4v) is 2.58. The van der Waals surface area contributed by atoms with Gasteiger partial charge in [0.15, 0.2) is 0 Å². The number of hydrogen-bond donors (Lipinski definition) is 1. The second-order valence-electron chi connectivity index (χ2n) is 5.19. The minimum atomic E-state index is -0.584. The minimum Gasteiger partial charge on any atom is -0.464 e. The molecule has 2 atom stereocenters. The zero-order valence-electron chi connectivity index (χ0n) is 12.0. The standard InChI is InChI=1S/C16H21NO3/c1-3-20-16(19)11(2)17-15(18)14-9-8-12-6-4-5-7-13(12)10-14/h4-7,11,14H,3,8-10H2,1-2H3,(H,17,18). The fraction of sp³-hybridized carbons (Fsp3) is 0.500. The van der Waals surface area contributed by atoms with E-state index in [1.807, 2.05) is 12.1 Å². The summed E-state index contributed by atoms with van der Waals surface area (Å²) in [5, 5.41) is 2.75. The third-order valence-electron chi connectivity index (χ3n) is 3.72. The molecule has 0 saturated carbocycles. The van der Waals surface area contributed by atoms with Crippen LogP contribution in [0, 0.1) is 5.92 Å². The predicted molar refractivity (Wildman–Crippen MR) is 76.2 cm³/mol. The smallest absolute Gasteiger partial charge is 0.328 e. The Balaban J connectivity index is 1.93. The van der Waals surface area contributed by atoms with Crippen molar-refractivity contribution in [2.45, 2.75) is 39.2 Å². The van der Waals surface area contributed by atoms with Crippen molar-refractivity contribution in [2.75, 3.05) is 6.61 Å². The van der Waals surface area contributed by atoms with Gasteiger partial charge in [0.25, 0.3) is 0 Å². The largest absolute Gasteiger partial charge is 0.464 e. The molecule has 20 heavy (non-hydrogen) atoms. The first-order chi connectivity index (χ1) is 9.61. The van der Waals surface area contributed by atoms with Crippen LogP contribution >= 0.6 is 0 Å². The zero-order chi connectivity index (χ0) is 14.5. The van der Waals surface area contributed by atoms with Gasteiger partial charge in [-0.2, -0.15) is 0 Å². The number of hydrogen-bond acceptors (Lipinski definition) is 3. The Kier molecular flexibility index (Phi) is 4.77. The van der Waals surface area contributed by atoms with Gasteiger partial charge in [-0.3, -0.25) is 4.79 Å². The highest BCUT2D eigenvalue weighted by Crippen LogP contribution is 2.25. The Morgan fingerprint density at radius 2 is 2.05 bits per heavy atom. The van der Waals surface area contributed by atoms with E-state index >= 15 is 0 Å². The second-order valence-corrected chi connectivity index (χ2v) is 5.19. The molecular weight excluding hydrogens is 254 g/mol. The molecule has 0 fully saturated rings. The van der Waals surface area contributed by atoms with Gasteiger partial charge in [0.2, 0.25) is 5.91 Å². The van der Waals surface area contributed by atoms with Gasteiger partial charge in [-0.1, -0.05) is 24.3 Å². The van der Waals surface area contributed by atoms with Crippen LogP contribution < -0.4 is 5.32 Å². The summed E-state index contributed by atoms with van der Waals surface area (Å²) < 4.78 is 4.89. The number of esters is 1. The van der Waals surface area contributed by atoms with Gasteiger partial charge >= 0.3 is 5.97 Å². The Morgan fingerprint density at radius 1 is 1.35 bits per heavy atom. The quantitative estimate of drug-likeness (QED) is 0.853. The van der Waals surface area contributed by atoms with Crippen molar-refractivity contribution in [3.63, 3.8) is 0 Å². The number of carbonyl (C=O) groups is 2. The lowest BCUT2D eigenvalue weighted by Gasteiger charge is -2.25. The number of nitrogens with one attached hydrogen (secondary N) is 1. The number of ether oxygens (including phenoxy) is 1. The molecule has 0 aliphatic heterocycles. The molecule has 0 saturated heterocycles. The molecule has 108 valence electrons. The van der Waals surface area contributed by atoms with Crippen LogP contribution in [0.1, 0.15) is 31.4 Å². The highest BCUT2D eigenvalue weighted by Gasteiger charge is 2.26. The summed E-state index contributed by atoms with van der Waals surface area (Å²) in [6.07, 6.45) is 2.50. The van der Waals surface area contributed by atoms with Crippen molar-refractivity contribution < 1.29 is 14.3 Å². The van der Waals surface area contributed by atoms with Gasteiger partial charge in [0.1, 0.15) is 6.04 Å². The zero-order valence-corrected chi connectivity index (χ0v) is 12.0. The fourth-order valence-electron chi connectivity index (χ4n) is 2.58. The highest BCUT2D eigenvalue weighted by molar-refractivity contribution is 5.85. The van der Waals surface area contributed by atoms with E-state index in [1.165, 1.54) is 11.1 Å². The molecule has 2 unspecified atom stereocenters. The van der Waals surface area contributed by atoms with Crippen molar-refractivity contribution >= 4 is 11.9 Å². The molecule has 1 aliphatic rings. The van der Waals surface area contributed by atoms with Crippen molar-refractivity contribution in [1.82, 2.24) is 5.32 Å². The first-order valence-corrected chi connectivity index (χ1v) is 7.15. The van der Waals surface area contributed by atoms with Crippen LogP contribution in [0.25, 0.3) is 0 Å². The van der Waals surface area contributed by atoms with Crippen LogP contribution in [-0.2, 0) is 27.2 Å². The van der Waals surface area contributed by atoms with Crippen LogP contribution in [0.15, 0.2) is 24.3 Å². The van der Waals surface area contributed by atoms with E-state index in [0.717, 1.165) is 19.3 Å². The molecular formula is C16H21NO3. The third-order valence-corrected chi connectivity index (χ3v) is 3.72. The molecule has 0 bridgehead atoms. The average Bonchev–Trinajstić information content (AvgIpc) is 2.46. The van der Waals surface area contributed by atoms with E-state index in [2.05, 4.69) is 17.4 Å². The molecule has 1 aromatic carbocycles. The molecule has 1 N–H and O–H groups in total. The van der Waals surface area contributed by atoms with Gasteiger partial charge in [0, 0.05) is 5.92 Å². The predicted octanol–water partition coefficient (Wildman–Crippen LogP) is 1.86. The maximum absolute atomic E-state index is 12.2. The summed E-state index contributed by atoms with van der Waals surface area (Å²) >= 11 is 0. The lowest BCUT2D eigenvalue weighted by atomic mass is 9.83. The van der Waals surface area contributed by atoms with E-state index in [-0.39, 0.29) is 17.8 Å². The molecule has 4 nitrogen and oxygen atoms in total. The number of carbonyl (C=O) groups excluding carboxylic acids is 2. The monoisotopic (exact) mass is 275 g/mol. The van der Waals surface area contributed by atoms with Gasteiger partial charge in [0.05, 0.1) is 6.61 Å². The summed E-state index contributed by atoms with van der Waals surface area (Å²) in [6, 6.07) is 7.64. The van der Waals surface area contributed by atoms with Gasteiger partial charge < -0.3 is 10.1 Å². The van der Waals surface area contributed by atoms with E-state index in [0.29, 0.717) is 6.61 Å². The average molecular weight is 275 g/mol. The highest BCUT2D eigenvalue weighted by atomic mass is 16.5. The van der Waals surface area contributed by atoms with E-state index < -0.39 is 6.04 Å². The summed E-state index contributed by atoms with van der Waals surface area (Å²) in [6.45, 7) is 3.74. The molecule has 1 amide bonds. The molecule has 1 aromatic rings. The van der Waals surface area contributed by atoms with Crippen LogP contribution in [0.2, 0.25) is 0 Å². The minimum absolute atomic E-state index is 0.0539. The molecule has 4 heteroatoms. The van der Waals surface area contributed by atoms with Crippen molar-refractivity contribution in [2.24, 2.45) is 5.92 Å². The Labute approximate surface area is 119 Å². The van der Waals surface area contributed by atoms with Crippen LogP contribution in [0.4, 0.5) is 0 Å². The van der Waals surface area contributed by atoms with E-state index in [1.54, 1.807) is 13.8 Å². The summed E-state index contributed by atoms with van der Waals surface area (Å²) in [7, 11) is 0. The topological polar surface area (TPSA) is 55.4 Å². The normalized spacial score (nSPS) is 18.8. The molecule has 0 heterocycles. The maximum Gasteiger partial charge on any atom is 0.328 e. The van der Waals surface area contributed by atoms with Gasteiger partial charge in [-0.05, 0) is 44.2 Å². The van der Waals surface area contributed by atoms with Gasteiger partial charge in [-0.15, -0.1) is 0 Å². The lowest BCUT2D eigenvalue weighted by Crippen LogP contribution is -2.43. The number of aryl methyl sites for hydroxylation is 1. The molecule has 2 rings (SSSR count). The molecule has 0 radical (unpaired) electrons. The number of amides is 1. The summed E-state index contributed by atoms with van der Waals surface area (Å²) in [5.41, 5.74) is 2.57. The first-order valence-electron chi connectivity index (χ1n) is 7.15. The number of benzene rings is 1. The second kappa shape index (κ2) is 6.55. The Hall–Kier alpha value is -1.84. The van der Waals surface area contributed by atoms with Crippen molar-refractivity contribution in [1.29, 1.82) is 0 Å². The third kappa shape index (κ3) is 3.38. The maximum atomic E-state index is 12.2. The summed E-state index contributed by atoms with van der Waals surface area (Å²) in [4.78, 5) is 23.7. The lowest BCUT2D eigenvalue weighted by molar-refractivity contribution is -0.147. The van der Waals surface area contributed by atoms with E-state index in [4.69, 9.17) is 4.74 Å². The van der Waals surface area contributed by atoms with Crippen LogP contribution in [0.3, 0.4) is 0 Å². The molecule has 0 spiro atoms. The van der Waals surface area contributed by atoms with Crippen LogP contribution in [0.5, 0.6) is 0 Å². The number of fused-ring (bicyclic) bond motifs is 1.